The van der Waals surface area contributed by atoms with Crippen molar-refractivity contribution in [3.8, 4) is 5.75 Å². The number of hydrogen-bond donors (Lipinski definition) is 1. The first kappa shape index (κ1) is 4.68. The Kier molecular flexibility index (Phi) is 0.730. The normalized spacial score (nSPS) is 13.3. The van der Waals surface area contributed by atoms with Gasteiger partial charge < -0.3 is 10.5 Å². The van der Waals surface area contributed by atoms with E-state index < -0.39 is 0 Å². The zero-order valence-corrected chi connectivity index (χ0v) is 4.92. The minimum Gasteiger partial charge on any atom is -0.487 e. The molecule has 0 amide bonds. The molecule has 0 radical (unpaired) electrons. The molecule has 46 valence electrons. The molecule has 2 bridgehead atoms. The molecule has 3 rings (SSSR count). The first-order valence-corrected chi connectivity index (χ1v) is 2.87. The third kappa shape index (κ3) is 0.560. The van der Waals surface area contributed by atoms with Crippen LogP contribution in [0.1, 0.15) is 5.56 Å². The summed E-state index contributed by atoms with van der Waals surface area (Å²) in [5.41, 5.74) is 7.45. The maximum Gasteiger partial charge on any atom is 0.142 e. The van der Waals surface area contributed by atoms with Gasteiger partial charge in [0.1, 0.15) is 12.4 Å². The van der Waals surface area contributed by atoms with Crippen LogP contribution in [0.2, 0.25) is 0 Å². The summed E-state index contributed by atoms with van der Waals surface area (Å²) in [6.07, 6.45) is 0. The fraction of sp³-hybridized carbons (Fsp3) is 0.143. The van der Waals surface area contributed by atoms with Crippen molar-refractivity contribution in [2.75, 3.05) is 5.73 Å². The molecule has 0 unspecified atom stereocenters. The van der Waals surface area contributed by atoms with Crippen LogP contribution in [-0.2, 0) is 6.61 Å². The van der Waals surface area contributed by atoms with Gasteiger partial charge >= 0.3 is 0 Å². The molecule has 2 N–H and O–H groups in total. The monoisotopic (exact) mass is 121 g/mol. The number of nitrogens with two attached hydrogens (primary N) is 1. The number of rotatable bonds is 0. The molecule has 0 saturated heterocycles. The van der Waals surface area contributed by atoms with Gasteiger partial charge in [0.15, 0.2) is 0 Å². The molecule has 0 atom stereocenters. The van der Waals surface area contributed by atoms with E-state index in [2.05, 4.69) is 0 Å². The summed E-state index contributed by atoms with van der Waals surface area (Å²) in [7, 11) is 0. The van der Waals surface area contributed by atoms with E-state index in [4.69, 9.17) is 10.5 Å². The van der Waals surface area contributed by atoms with Crippen molar-refractivity contribution in [2.24, 2.45) is 0 Å². The van der Waals surface area contributed by atoms with Gasteiger partial charge in [0, 0.05) is 0 Å². The fourth-order valence-corrected chi connectivity index (χ4v) is 0.980. The number of fused-ring (bicyclic) bond motifs is 3. The van der Waals surface area contributed by atoms with Crippen molar-refractivity contribution in [1.29, 1.82) is 0 Å². The highest BCUT2D eigenvalue weighted by molar-refractivity contribution is 5.56. The van der Waals surface area contributed by atoms with Gasteiger partial charge in [0.05, 0.1) is 5.69 Å². The van der Waals surface area contributed by atoms with Gasteiger partial charge in [-0.1, -0.05) is 6.07 Å². The number of benzene rings is 1. The molecule has 2 aliphatic heterocycles. The summed E-state index contributed by atoms with van der Waals surface area (Å²) in [6, 6.07) is 5.86. The minimum absolute atomic E-state index is 0.687. The molecule has 2 nitrogen and oxygen atoms in total. The minimum atomic E-state index is 0.687. The van der Waals surface area contributed by atoms with Crippen molar-refractivity contribution in [3.63, 3.8) is 0 Å². The highest BCUT2D eigenvalue weighted by atomic mass is 16.5. The van der Waals surface area contributed by atoms with Gasteiger partial charge in [-0.05, 0) is 17.7 Å². The van der Waals surface area contributed by atoms with Crippen LogP contribution in [0.4, 0.5) is 5.69 Å². The Morgan fingerprint density at radius 2 is 2.33 bits per heavy atom. The van der Waals surface area contributed by atoms with Crippen LogP contribution in [0.5, 0.6) is 5.75 Å². The Balaban J connectivity index is 2.70. The SMILES string of the molecule is Nc1cc2ccc1OC2. The van der Waals surface area contributed by atoms with Crippen LogP contribution < -0.4 is 10.5 Å². The zero-order valence-electron chi connectivity index (χ0n) is 4.92. The standard InChI is InChI=1S/C7H7NO/c8-6-3-5-1-2-7(6)9-4-5/h1-3H,4,8H2. The lowest BCUT2D eigenvalue weighted by atomic mass is 10.1. The molecule has 2 heteroatoms. The van der Waals surface area contributed by atoms with E-state index in [1.54, 1.807) is 0 Å². The lowest BCUT2D eigenvalue weighted by molar-refractivity contribution is 0.297. The fourth-order valence-electron chi connectivity index (χ4n) is 0.980. The molecular formula is C7H7NO. The number of anilines is 1. The summed E-state index contributed by atoms with van der Waals surface area (Å²) in [5, 5.41) is 0. The Bertz CT molecular complexity index is 245. The van der Waals surface area contributed by atoms with Gasteiger partial charge in [-0.15, -0.1) is 0 Å². The topological polar surface area (TPSA) is 35.2 Å². The summed E-state index contributed by atoms with van der Waals surface area (Å²) >= 11 is 0. The van der Waals surface area contributed by atoms with Crippen molar-refractivity contribution in [3.05, 3.63) is 23.8 Å². The summed E-state index contributed by atoms with van der Waals surface area (Å²) in [4.78, 5) is 0. The first-order valence-electron chi connectivity index (χ1n) is 2.87. The molecule has 9 heavy (non-hydrogen) atoms. The van der Waals surface area contributed by atoms with Crippen molar-refractivity contribution in [2.45, 2.75) is 6.61 Å². The summed E-state index contributed by atoms with van der Waals surface area (Å²) in [6.45, 7) is 0.687. The molecule has 0 saturated carbocycles. The molecule has 0 aromatic heterocycles. The molecule has 1 aromatic carbocycles. The van der Waals surface area contributed by atoms with Crippen LogP contribution in [0, 0.1) is 0 Å². The Labute approximate surface area is 53.2 Å². The molecule has 0 fully saturated rings. The second-order valence-corrected chi connectivity index (χ2v) is 2.16. The number of hydrogen-bond acceptors (Lipinski definition) is 2. The van der Waals surface area contributed by atoms with E-state index in [1.165, 1.54) is 0 Å². The Morgan fingerprint density at radius 1 is 1.44 bits per heavy atom. The van der Waals surface area contributed by atoms with E-state index in [0.29, 0.717) is 6.61 Å². The smallest absolute Gasteiger partial charge is 0.142 e. The average molecular weight is 121 g/mol. The van der Waals surface area contributed by atoms with Gasteiger partial charge in [0.2, 0.25) is 0 Å². The van der Waals surface area contributed by atoms with Gasteiger partial charge in [-0.25, -0.2) is 0 Å². The number of nitrogen functional groups attached to an aromatic ring is 1. The van der Waals surface area contributed by atoms with E-state index >= 15 is 0 Å². The molecule has 0 aliphatic carbocycles. The lowest BCUT2D eigenvalue weighted by Crippen LogP contribution is -2.05. The van der Waals surface area contributed by atoms with Crippen molar-refractivity contribution >= 4 is 5.69 Å². The Morgan fingerprint density at radius 3 is 2.56 bits per heavy atom. The maximum atomic E-state index is 5.55. The lowest BCUT2D eigenvalue weighted by Gasteiger charge is -2.15. The second kappa shape index (κ2) is 1.41. The quantitative estimate of drug-likeness (QED) is 0.523. The molecular weight excluding hydrogens is 114 g/mol. The zero-order chi connectivity index (χ0) is 6.27. The second-order valence-electron chi connectivity index (χ2n) is 2.16. The van der Waals surface area contributed by atoms with Crippen molar-refractivity contribution in [1.82, 2.24) is 0 Å². The van der Waals surface area contributed by atoms with Crippen LogP contribution in [0.15, 0.2) is 18.2 Å². The van der Waals surface area contributed by atoms with Crippen LogP contribution in [0.3, 0.4) is 0 Å². The van der Waals surface area contributed by atoms with Crippen LogP contribution >= 0.6 is 0 Å². The van der Waals surface area contributed by atoms with E-state index in [9.17, 15) is 0 Å². The van der Waals surface area contributed by atoms with E-state index in [1.807, 2.05) is 18.2 Å². The molecule has 1 aromatic rings. The maximum absolute atomic E-state index is 5.55. The summed E-state index contributed by atoms with van der Waals surface area (Å²) in [5.74, 6) is 0.810. The predicted octanol–water partition coefficient (Wildman–Crippen LogP) is 1.16. The molecule has 0 spiro atoms. The highest BCUT2D eigenvalue weighted by Crippen LogP contribution is 2.28. The first-order chi connectivity index (χ1) is 4.36. The van der Waals surface area contributed by atoms with Crippen LogP contribution in [-0.4, -0.2) is 0 Å². The van der Waals surface area contributed by atoms with Gasteiger partial charge in [-0.2, -0.15) is 0 Å². The predicted molar refractivity (Wildman–Crippen MR) is 35.2 cm³/mol. The Hall–Kier alpha value is -1.18. The third-order valence-corrected chi connectivity index (χ3v) is 1.47. The average Bonchev–Trinajstić information content (AvgIpc) is 1.90. The van der Waals surface area contributed by atoms with Gasteiger partial charge in [-0.3, -0.25) is 0 Å². The molecule has 2 aliphatic rings. The number of ether oxygens (including phenoxy) is 1. The summed E-state index contributed by atoms with van der Waals surface area (Å²) < 4.78 is 5.19. The van der Waals surface area contributed by atoms with E-state index in [-0.39, 0.29) is 0 Å². The van der Waals surface area contributed by atoms with E-state index in [0.717, 1.165) is 17.0 Å². The van der Waals surface area contributed by atoms with Gasteiger partial charge in [0.25, 0.3) is 0 Å². The van der Waals surface area contributed by atoms with Crippen molar-refractivity contribution < 1.29 is 4.74 Å². The highest BCUT2D eigenvalue weighted by Gasteiger charge is 2.07. The third-order valence-electron chi connectivity index (χ3n) is 1.47. The largest absolute Gasteiger partial charge is 0.487 e. The van der Waals surface area contributed by atoms with Crippen LogP contribution in [0.25, 0.3) is 0 Å². The molecule has 2 heterocycles.